The Hall–Kier alpha value is -2.55. The molecule has 0 N–H and O–H groups in total. The zero-order chi connectivity index (χ0) is 22.3. The van der Waals surface area contributed by atoms with Crippen LogP contribution in [-0.4, -0.2) is 19.7 Å². The van der Waals surface area contributed by atoms with Gasteiger partial charge in [0.2, 0.25) is 0 Å². The molecule has 0 spiro atoms. The van der Waals surface area contributed by atoms with E-state index in [1.165, 1.54) is 0 Å². The van der Waals surface area contributed by atoms with Crippen molar-refractivity contribution in [1.29, 1.82) is 0 Å². The van der Waals surface area contributed by atoms with Crippen LogP contribution in [0.2, 0.25) is 15.1 Å². The van der Waals surface area contributed by atoms with Gasteiger partial charge in [-0.05, 0) is 48.9 Å². The highest BCUT2D eigenvalue weighted by Gasteiger charge is 2.39. The van der Waals surface area contributed by atoms with Crippen molar-refractivity contribution in [1.82, 2.24) is 19.7 Å². The highest BCUT2D eigenvalue weighted by molar-refractivity contribution is 6.36. The number of hydrogen-bond acceptors (Lipinski definition) is 4. The fourth-order valence-electron chi connectivity index (χ4n) is 3.10. The molecule has 0 saturated carbocycles. The number of rotatable bonds is 4. The van der Waals surface area contributed by atoms with Crippen molar-refractivity contribution in [2.75, 3.05) is 0 Å². The molecule has 0 aliphatic carbocycles. The topological polar surface area (TPSA) is 56.7 Å². The third kappa shape index (κ3) is 4.15. The zero-order valence-electron chi connectivity index (χ0n) is 15.7. The molecule has 31 heavy (non-hydrogen) atoms. The van der Waals surface area contributed by atoms with Gasteiger partial charge in [-0.15, -0.1) is 10.2 Å². The van der Waals surface area contributed by atoms with Gasteiger partial charge in [0.1, 0.15) is 11.5 Å². The molecular weight excluding hydrogens is 476 g/mol. The summed E-state index contributed by atoms with van der Waals surface area (Å²) < 4.78 is 45.6. The third-order valence-electron chi connectivity index (χ3n) is 4.43. The predicted octanol–water partition coefficient (Wildman–Crippen LogP) is 7.13. The van der Waals surface area contributed by atoms with Crippen molar-refractivity contribution in [3.8, 4) is 28.7 Å². The quantitative estimate of drug-likeness (QED) is 0.307. The first-order valence-electron chi connectivity index (χ1n) is 8.93. The van der Waals surface area contributed by atoms with Gasteiger partial charge in [0, 0.05) is 21.3 Å². The number of benzene rings is 2. The smallest absolute Gasteiger partial charge is 0.411 e. The molecule has 0 amide bonds. The van der Waals surface area contributed by atoms with Crippen LogP contribution in [-0.2, 0) is 12.6 Å². The van der Waals surface area contributed by atoms with E-state index in [0.717, 1.165) is 0 Å². The van der Waals surface area contributed by atoms with Crippen molar-refractivity contribution in [3.63, 3.8) is 0 Å². The molecule has 0 fully saturated rings. The maximum atomic E-state index is 13.0. The predicted molar refractivity (Wildman–Crippen MR) is 112 cm³/mol. The molecule has 2 aromatic heterocycles. The summed E-state index contributed by atoms with van der Waals surface area (Å²) in [5.74, 6) is -1.41. The Labute approximate surface area is 189 Å². The minimum atomic E-state index is -4.77. The molecule has 2 heterocycles. The summed E-state index contributed by atoms with van der Waals surface area (Å²) in [6.45, 7) is 1.83. The Bertz CT molecular complexity index is 1250. The van der Waals surface area contributed by atoms with Crippen LogP contribution in [0, 0.1) is 0 Å². The van der Waals surface area contributed by atoms with E-state index in [1.54, 1.807) is 47.0 Å². The van der Waals surface area contributed by atoms with Gasteiger partial charge in [-0.3, -0.25) is 4.57 Å². The second kappa shape index (κ2) is 8.18. The Kier molecular flexibility index (Phi) is 5.72. The van der Waals surface area contributed by atoms with E-state index in [9.17, 15) is 13.2 Å². The van der Waals surface area contributed by atoms with Crippen molar-refractivity contribution >= 4 is 34.8 Å². The average Bonchev–Trinajstić information content (AvgIpc) is 3.33. The maximum Gasteiger partial charge on any atom is 0.470 e. The van der Waals surface area contributed by atoms with Crippen LogP contribution in [0.1, 0.15) is 18.5 Å². The minimum Gasteiger partial charge on any atom is -0.411 e. The lowest BCUT2D eigenvalue weighted by Crippen LogP contribution is -2.04. The molecule has 0 atom stereocenters. The molecule has 160 valence electrons. The van der Waals surface area contributed by atoms with Gasteiger partial charge < -0.3 is 4.42 Å². The van der Waals surface area contributed by atoms with E-state index in [1.807, 2.05) is 6.92 Å². The number of aromatic nitrogens is 4. The third-order valence-corrected chi connectivity index (χ3v) is 5.23. The summed E-state index contributed by atoms with van der Waals surface area (Å²) in [6.07, 6.45) is -4.36. The molecule has 4 rings (SSSR count). The normalized spacial score (nSPS) is 11.8. The van der Waals surface area contributed by atoms with Gasteiger partial charge in [0.05, 0.1) is 10.7 Å². The van der Waals surface area contributed by atoms with Crippen molar-refractivity contribution in [2.24, 2.45) is 0 Å². The Morgan fingerprint density at radius 3 is 2.23 bits per heavy atom. The zero-order valence-corrected chi connectivity index (χ0v) is 18.0. The summed E-state index contributed by atoms with van der Waals surface area (Å²) in [6, 6.07) is 11.8. The molecule has 0 bridgehead atoms. The second-order valence-corrected chi connectivity index (χ2v) is 7.71. The van der Waals surface area contributed by atoms with Crippen LogP contribution in [0.15, 0.2) is 46.9 Å². The monoisotopic (exact) mass is 486 g/mol. The van der Waals surface area contributed by atoms with Crippen LogP contribution in [0.5, 0.6) is 0 Å². The summed E-state index contributed by atoms with van der Waals surface area (Å²) in [5.41, 5.74) is 1.89. The molecular formula is C20H12Cl3F3N4O. The highest BCUT2D eigenvalue weighted by Crippen LogP contribution is 2.37. The second-order valence-electron chi connectivity index (χ2n) is 6.43. The molecule has 5 nitrogen and oxygen atoms in total. The standard InChI is InChI=1S/C20H12Cl3F3N4O/c1-2-15-16(18-28-29-19(31-18)20(24,25)26)27-17(13-8-5-11(22)9-14(13)23)30(15)12-6-3-10(21)4-7-12/h3-9H,2H2,1H3. The van der Waals surface area contributed by atoms with E-state index in [2.05, 4.69) is 15.2 Å². The summed E-state index contributed by atoms with van der Waals surface area (Å²) in [7, 11) is 0. The fourth-order valence-corrected chi connectivity index (χ4v) is 3.72. The number of alkyl halides is 3. The fraction of sp³-hybridized carbons (Fsp3) is 0.150. The lowest BCUT2D eigenvalue weighted by Gasteiger charge is -2.13. The lowest BCUT2D eigenvalue weighted by atomic mass is 10.2. The molecule has 0 radical (unpaired) electrons. The first-order chi connectivity index (χ1) is 14.7. The van der Waals surface area contributed by atoms with Crippen molar-refractivity contribution < 1.29 is 17.6 Å². The SMILES string of the molecule is CCc1c(-c2nnc(C(F)(F)F)o2)nc(-c2ccc(Cl)cc2Cl)n1-c1ccc(Cl)cc1. The Morgan fingerprint density at radius 1 is 0.968 bits per heavy atom. The Balaban J connectivity index is 1.99. The van der Waals surface area contributed by atoms with E-state index >= 15 is 0 Å². The van der Waals surface area contributed by atoms with Crippen LogP contribution in [0.25, 0.3) is 28.7 Å². The van der Waals surface area contributed by atoms with Gasteiger partial charge in [-0.2, -0.15) is 13.2 Å². The van der Waals surface area contributed by atoms with E-state index in [4.69, 9.17) is 39.2 Å². The van der Waals surface area contributed by atoms with Gasteiger partial charge in [-0.25, -0.2) is 4.98 Å². The molecule has 11 heteroatoms. The summed E-state index contributed by atoms with van der Waals surface area (Å²) >= 11 is 18.4. The largest absolute Gasteiger partial charge is 0.470 e. The molecule has 0 aliphatic heterocycles. The van der Waals surface area contributed by atoms with Crippen LogP contribution >= 0.6 is 34.8 Å². The summed E-state index contributed by atoms with van der Waals surface area (Å²) in [5, 5.41) is 7.96. The Morgan fingerprint density at radius 2 is 1.65 bits per heavy atom. The molecule has 2 aromatic carbocycles. The molecule has 0 saturated heterocycles. The van der Waals surface area contributed by atoms with Crippen molar-refractivity contribution in [3.05, 3.63) is 69.1 Å². The number of hydrogen-bond donors (Lipinski definition) is 0. The molecule has 4 aromatic rings. The van der Waals surface area contributed by atoms with Crippen LogP contribution in [0.3, 0.4) is 0 Å². The first kappa shape index (κ1) is 21.7. The van der Waals surface area contributed by atoms with Crippen LogP contribution in [0.4, 0.5) is 13.2 Å². The van der Waals surface area contributed by atoms with Gasteiger partial charge in [-0.1, -0.05) is 41.7 Å². The van der Waals surface area contributed by atoms with E-state index in [0.29, 0.717) is 44.3 Å². The number of imidazole rings is 1. The average molecular weight is 488 g/mol. The molecule has 0 unspecified atom stereocenters. The number of halogens is 6. The van der Waals surface area contributed by atoms with Gasteiger partial charge >= 0.3 is 12.1 Å². The van der Waals surface area contributed by atoms with E-state index in [-0.39, 0.29) is 11.6 Å². The lowest BCUT2D eigenvalue weighted by molar-refractivity contribution is -0.156. The highest BCUT2D eigenvalue weighted by atomic mass is 35.5. The number of nitrogens with zero attached hydrogens (tertiary/aromatic N) is 4. The maximum absolute atomic E-state index is 13.0. The van der Waals surface area contributed by atoms with Gasteiger partial charge in [0.25, 0.3) is 5.89 Å². The van der Waals surface area contributed by atoms with E-state index < -0.39 is 12.1 Å². The van der Waals surface area contributed by atoms with Crippen molar-refractivity contribution in [2.45, 2.75) is 19.5 Å². The minimum absolute atomic E-state index is 0.126. The summed E-state index contributed by atoms with van der Waals surface area (Å²) in [4.78, 5) is 4.55. The van der Waals surface area contributed by atoms with Crippen LogP contribution < -0.4 is 0 Å². The van der Waals surface area contributed by atoms with Gasteiger partial charge in [0.15, 0.2) is 0 Å². The first-order valence-corrected chi connectivity index (χ1v) is 10.1. The molecule has 0 aliphatic rings.